The molecule has 1 heterocycles. The molecule has 0 radical (unpaired) electrons. The first-order valence-corrected chi connectivity index (χ1v) is 7.98. The van der Waals surface area contributed by atoms with Gasteiger partial charge in [-0.3, -0.25) is 9.69 Å². The summed E-state index contributed by atoms with van der Waals surface area (Å²) in [5.74, 6) is 1.81. The van der Waals surface area contributed by atoms with Crippen LogP contribution in [0.5, 0.6) is 0 Å². The van der Waals surface area contributed by atoms with Crippen LogP contribution in [0, 0.1) is 11.8 Å². The molecule has 1 aliphatic heterocycles. The lowest BCUT2D eigenvalue weighted by Gasteiger charge is -2.36. The molecule has 0 aromatic rings. The number of hydrogen-bond donors (Lipinski definition) is 0. The second-order valence-corrected chi connectivity index (χ2v) is 6.60. The molecule has 20 heavy (non-hydrogen) atoms. The van der Waals surface area contributed by atoms with Gasteiger partial charge in [-0.2, -0.15) is 0 Å². The first-order valence-electron chi connectivity index (χ1n) is 7.98. The summed E-state index contributed by atoms with van der Waals surface area (Å²) in [5.41, 5.74) is 0. The number of nitrogens with zero attached hydrogens (tertiary/aromatic N) is 2. The van der Waals surface area contributed by atoms with Gasteiger partial charge in [0.15, 0.2) is 0 Å². The smallest absolute Gasteiger partial charge is 0.225 e. The van der Waals surface area contributed by atoms with E-state index in [0.29, 0.717) is 13.0 Å². The molecule has 118 valence electrons. The highest BCUT2D eigenvalue weighted by molar-refractivity contribution is 5.75. The van der Waals surface area contributed by atoms with Crippen molar-refractivity contribution in [3.05, 3.63) is 0 Å². The van der Waals surface area contributed by atoms with Gasteiger partial charge >= 0.3 is 0 Å². The van der Waals surface area contributed by atoms with Crippen LogP contribution in [0.2, 0.25) is 0 Å². The summed E-state index contributed by atoms with van der Waals surface area (Å²) in [7, 11) is 1.90. The van der Waals surface area contributed by atoms with Gasteiger partial charge in [0.2, 0.25) is 5.91 Å². The van der Waals surface area contributed by atoms with E-state index in [2.05, 4.69) is 18.7 Å². The van der Waals surface area contributed by atoms with Gasteiger partial charge in [0.05, 0.1) is 25.8 Å². The van der Waals surface area contributed by atoms with Gasteiger partial charge in [0.25, 0.3) is 0 Å². The Morgan fingerprint density at radius 2 is 1.85 bits per heavy atom. The Kier molecular flexibility index (Phi) is 7.52. The van der Waals surface area contributed by atoms with Crippen molar-refractivity contribution in [2.24, 2.45) is 11.8 Å². The summed E-state index contributed by atoms with van der Waals surface area (Å²) in [6.07, 6.45) is 3.20. The highest BCUT2D eigenvalue weighted by atomic mass is 16.5. The Bertz CT molecular complexity index is 284. The monoisotopic (exact) mass is 284 g/mol. The van der Waals surface area contributed by atoms with Crippen molar-refractivity contribution in [1.29, 1.82) is 0 Å². The maximum absolute atomic E-state index is 12.0. The average Bonchev–Trinajstić information content (AvgIpc) is 2.38. The number of carbonyl (C=O) groups excluding carboxylic acids is 1. The minimum Gasteiger partial charge on any atom is -0.378 e. The third kappa shape index (κ3) is 6.23. The molecule has 1 saturated heterocycles. The van der Waals surface area contributed by atoms with Crippen LogP contribution >= 0.6 is 0 Å². The zero-order valence-corrected chi connectivity index (χ0v) is 13.9. The fraction of sp³-hybridized carbons (Fsp3) is 0.938. The molecule has 4 nitrogen and oxygen atoms in total. The lowest BCUT2D eigenvalue weighted by Crippen LogP contribution is -2.43. The SMILES string of the molecule is CC(C)OCCC(=O)N(C)CN1CCC(C(C)C)CC1. The van der Waals surface area contributed by atoms with Crippen LogP contribution in [0.15, 0.2) is 0 Å². The van der Waals surface area contributed by atoms with Crippen LogP contribution < -0.4 is 0 Å². The molecule has 0 N–H and O–H groups in total. The second-order valence-electron chi connectivity index (χ2n) is 6.60. The number of piperidine rings is 1. The Labute approximate surface area is 124 Å². The third-order valence-electron chi connectivity index (χ3n) is 4.18. The van der Waals surface area contributed by atoms with Crippen molar-refractivity contribution < 1.29 is 9.53 Å². The molecule has 0 aromatic carbocycles. The topological polar surface area (TPSA) is 32.8 Å². The molecule has 0 aromatic heterocycles. The maximum Gasteiger partial charge on any atom is 0.225 e. The zero-order chi connectivity index (χ0) is 15.1. The first-order chi connectivity index (χ1) is 9.40. The van der Waals surface area contributed by atoms with Gasteiger partial charge in [-0.15, -0.1) is 0 Å². The Balaban J connectivity index is 2.22. The molecule has 0 unspecified atom stereocenters. The quantitative estimate of drug-likeness (QED) is 0.720. The molecule has 1 fully saturated rings. The van der Waals surface area contributed by atoms with Crippen molar-refractivity contribution in [2.45, 2.75) is 53.1 Å². The number of amides is 1. The van der Waals surface area contributed by atoms with Gasteiger partial charge in [0.1, 0.15) is 0 Å². The van der Waals surface area contributed by atoms with E-state index in [1.54, 1.807) is 0 Å². The number of hydrogen-bond acceptors (Lipinski definition) is 3. The van der Waals surface area contributed by atoms with E-state index in [9.17, 15) is 4.79 Å². The summed E-state index contributed by atoms with van der Waals surface area (Å²) in [5, 5.41) is 0. The van der Waals surface area contributed by atoms with Gasteiger partial charge in [-0.25, -0.2) is 0 Å². The standard InChI is InChI=1S/C16H32N2O2/c1-13(2)15-6-9-18(10-7-15)12-17(5)16(19)8-11-20-14(3)4/h13-15H,6-12H2,1-5H3. The lowest BCUT2D eigenvalue weighted by molar-refractivity contribution is -0.133. The largest absolute Gasteiger partial charge is 0.378 e. The number of rotatable bonds is 7. The van der Waals surface area contributed by atoms with Crippen LogP contribution in [0.4, 0.5) is 0 Å². The minimum atomic E-state index is 0.177. The minimum absolute atomic E-state index is 0.177. The van der Waals surface area contributed by atoms with E-state index in [1.807, 2.05) is 25.8 Å². The summed E-state index contributed by atoms with van der Waals surface area (Å²) in [6, 6.07) is 0. The van der Waals surface area contributed by atoms with Crippen molar-refractivity contribution >= 4 is 5.91 Å². The van der Waals surface area contributed by atoms with Crippen molar-refractivity contribution in [3.8, 4) is 0 Å². The van der Waals surface area contributed by atoms with Gasteiger partial charge < -0.3 is 9.64 Å². The summed E-state index contributed by atoms with van der Waals surface area (Å²) < 4.78 is 5.43. The van der Waals surface area contributed by atoms with E-state index in [-0.39, 0.29) is 12.0 Å². The van der Waals surface area contributed by atoms with E-state index >= 15 is 0 Å². The van der Waals surface area contributed by atoms with E-state index in [4.69, 9.17) is 4.74 Å². The molecule has 0 bridgehead atoms. The third-order valence-corrected chi connectivity index (χ3v) is 4.18. The maximum atomic E-state index is 12.0. The normalized spacial score (nSPS) is 17.9. The van der Waals surface area contributed by atoms with E-state index < -0.39 is 0 Å². The summed E-state index contributed by atoms with van der Waals surface area (Å²) in [6.45, 7) is 12.1. The average molecular weight is 284 g/mol. The van der Waals surface area contributed by atoms with Crippen LogP contribution in [0.1, 0.15) is 47.0 Å². The van der Waals surface area contributed by atoms with Crippen LogP contribution in [0.3, 0.4) is 0 Å². The summed E-state index contributed by atoms with van der Waals surface area (Å²) in [4.78, 5) is 16.2. The molecule has 0 spiro atoms. The zero-order valence-electron chi connectivity index (χ0n) is 13.9. The highest BCUT2D eigenvalue weighted by Gasteiger charge is 2.22. The van der Waals surface area contributed by atoms with Crippen LogP contribution in [0.25, 0.3) is 0 Å². The van der Waals surface area contributed by atoms with E-state index in [0.717, 1.165) is 31.6 Å². The lowest BCUT2D eigenvalue weighted by atomic mass is 9.87. The molecular formula is C16H32N2O2. The Morgan fingerprint density at radius 3 is 2.35 bits per heavy atom. The Hall–Kier alpha value is -0.610. The molecular weight excluding hydrogens is 252 g/mol. The molecule has 0 atom stereocenters. The summed E-state index contributed by atoms with van der Waals surface area (Å²) >= 11 is 0. The molecule has 0 saturated carbocycles. The predicted octanol–water partition coefficient (Wildman–Crippen LogP) is 2.59. The predicted molar refractivity (Wildman–Crippen MR) is 82.5 cm³/mol. The van der Waals surface area contributed by atoms with Gasteiger partial charge in [-0.1, -0.05) is 13.8 Å². The molecule has 1 amide bonds. The van der Waals surface area contributed by atoms with Gasteiger partial charge in [0, 0.05) is 20.1 Å². The number of carbonyl (C=O) groups is 1. The van der Waals surface area contributed by atoms with Crippen LogP contribution in [-0.4, -0.2) is 55.2 Å². The second kappa shape index (κ2) is 8.63. The van der Waals surface area contributed by atoms with Crippen molar-refractivity contribution in [1.82, 2.24) is 9.80 Å². The molecule has 0 aliphatic carbocycles. The van der Waals surface area contributed by atoms with Crippen molar-refractivity contribution in [3.63, 3.8) is 0 Å². The number of ether oxygens (including phenoxy) is 1. The van der Waals surface area contributed by atoms with Crippen molar-refractivity contribution in [2.75, 3.05) is 33.4 Å². The van der Waals surface area contributed by atoms with Crippen LogP contribution in [-0.2, 0) is 9.53 Å². The fourth-order valence-corrected chi connectivity index (χ4v) is 2.71. The van der Waals surface area contributed by atoms with E-state index in [1.165, 1.54) is 12.8 Å². The highest BCUT2D eigenvalue weighted by Crippen LogP contribution is 2.24. The Morgan fingerprint density at radius 1 is 1.25 bits per heavy atom. The van der Waals surface area contributed by atoms with Gasteiger partial charge in [-0.05, 0) is 38.5 Å². The molecule has 4 heteroatoms. The first kappa shape index (κ1) is 17.4. The molecule has 1 rings (SSSR count). The number of likely N-dealkylation sites (tertiary alicyclic amines) is 1. The fourth-order valence-electron chi connectivity index (χ4n) is 2.71. The molecule has 1 aliphatic rings.